The van der Waals surface area contributed by atoms with Crippen molar-refractivity contribution in [2.24, 2.45) is 5.41 Å². The highest BCUT2D eigenvalue weighted by atomic mass is 16.4. The fourth-order valence-corrected chi connectivity index (χ4v) is 2.99. The van der Waals surface area contributed by atoms with Gasteiger partial charge in [0.25, 0.3) is 0 Å². The number of carbonyl (C=O) groups is 2. The van der Waals surface area contributed by atoms with Gasteiger partial charge in [-0.15, -0.1) is 0 Å². The van der Waals surface area contributed by atoms with Crippen molar-refractivity contribution in [3.8, 4) is 0 Å². The van der Waals surface area contributed by atoms with Gasteiger partial charge in [0, 0.05) is 25.7 Å². The lowest BCUT2D eigenvalue weighted by Gasteiger charge is -2.39. The van der Waals surface area contributed by atoms with E-state index in [9.17, 15) is 14.7 Å². The molecule has 0 aromatic heterocycles. The van der Waals surface area contributed by atoms with Gasteiger partial charge in [-0.25, -0.2) is 4.79 Å². The Bertz CT molecular complexity index is 380. The zero-order valence-corrected chi connectivity index (χ0v) is 12.4. The molecule has 2 amide bonds. The molecule has 0 aromatic rings. The van der Waals surface area contributed by atoms with Crippen LogP contribution in [0.25, 0.3) is 0 Å². The maximum absolute atomic E-state index is 12.2. The van der Waals surface area contributed by atoms with Gasteiger partial charge in [0.1, 0.15) is 0 Å². The molecule has 1 atom stereocenters. The minimum Gasteiger partial charge on any atom is -0.481 e. The quantitative estimate of drug-likeness (QED) is 0.806. The second-order valence-electron chi connectivity index (χ2n) is 6.30. The highest BCUT2D eigenvalue weighted by molar-refractivity contribution is 5.79. The van der Waals surface area contributed by atoms with Gasteiger partial charge in [-0.2, -0.15) is 0 Å². The van der Waals surface area contributed by atoms with E-state index in [0.717, 1.165) is 32.4 Å². The molecule has 2 rings (SSSR count). The summed E-state index contributed by atoms with van der Waals surface area (Å²) < 4.78 is 0. The minimum atomic E-state index is -0.783. The van der Waals surface area contributed by atoms with E-state index in [-0.39, 0.29) is 12.6 Å². The molecule has 6 nitrogen and oxygen atoms in total. The number of carbonyl (C=O) groups excluding carboxylic acids is 1. The van der Waals surface area contributed by atoms with Crippen LogP contribution in [0, 0.1) is 5.41 Å². The number of nitrogens with zero attached hydrogens (tertiary/aromatic N) is 2. The van der Waals surface area contributed by atoms with E-state index in [1.54, 1.807) is 0 Å². The largest absolute Gasteiger partial charge is 0.481 e. The summed E-state index contributed by atoms with van der Waals surface area (Å²) in [5.41, 5.74) is -0.716. The zero-order valence-electron chi connectivity index (χ0n) is 12.4. The van der Waals surface area contributed by atoms with Crippen LogP contribution in [0.3, 0.4) is 0 Å². The molecule has 1 saturated heterocycles. The van der Waals surface area contributed by atoms with Gasteiger partial charge in [0.05, 0.1) is 5.41 Å². The monoisotopic (exact) mass is 283 g/mol. The normalized spacial score (nSPS) is 25.1. The fraction of sp³-hybridized carbons (Fsp3) is 0.857. The van der Waals surface area contributed by atoms with Crippen molar-refractivity contribution in [3.05, 3.63) is 0 Å². The number of carboxylic acid groups (broad SMARTS) is 1. The lowest BCUT2D eigenvalue weighted by atomic mass is 9.69. The van der Waals surface area contributed by atoms with E-state index in [1.807, 2.05) is 19.0 Å². The number of hydrogen-bond acceptors (Lipinski definition) is 3. The number of urea groups is 1. The molecule has 6 heteroatoms. The van der Waals surface area contributed by atoms with Crippen molar-refractivity contribution >= 4 is 12.0 Å². The summed E-state index contributed by atoms with van der Waals surface area (Å²) in [5, 5.41) is 12.1. The highest BCUT2D eigenvalue weighted by Gasteiger charge is 2.44. The summed E-state index contributed by atoms with van der Waals surface area (Å²) >= 11 is 0. The van der Waals surface area contributed by atoms with Crippen molar-refractivity contribution < 1.29 is 14.7 Å². The molecule has 0 bridgehead atoms. The molecule has 1 unspecified atom stereocenters. The van der Waals surface area contributed by atoms with E-state index in [1.165, 1.54) is 0 Å². The van der Waals surface area contributed by atoms with E-state index in [0.29, 0.717) is 18.9 Å². The molecule has 1 saturated carbocycles. The third kappa shape index (κ3) is 3.06. The first-order valence-electron chi connectivity index (χ1n) is 7.37. The van der Waals surface area contributed by atoms with Crippen LogP contribution in [-0.4, -0.2) is 66.7 Å². The van der Waals surface area contributed by atoms with E-state index < -0.39 is 11.4 Å². The molecule has 20 heavy (non-hydrogen) atoms. The predicted octanol–water partition coefficient (Wildman–Crippen LogP) is 0.977. The molecule has 2 aliphatic rings. The van der Waals surface area contributed by atoms with Crippen LogP contribution in [-0.2, 0) is 4.79 Å². The highest BCUT2D eigenvalue weighted by Crippen LogP contribution is 2.40. The first-order chi connectivity index (χ1) is 9.44. The van der Waals surface area contributed by atoms with E-state index in [2.05, 4.69) is 10.2 Å². The standard InChI is InChI=1S/C14H25N3O3/c1-16(2)11-5-3-8-17(9-11)13(20)15-10-14(12(18)19)6-4-7-14/h11H,3-10H2,1-2H3,(H,15,20)(H,18,19). The molecular formula is C14H25N3O3. The summed E-state index contributed by atoms with van der Waals surface area (Å²) in [5.74, 6) is -0.783. The Kier molecular flexibility index (Phi) is 4.52. The third-order valence-corrected chi connectivity index (χ3v) is 4.76. The first kappa shape index (κ1) is 15.1. The zero-order chi connectivity index (χ0) is 14.8. The molecule has 2 fully saturated rings. The van der Waals surface area contributed by atoms with Crippen LogP contribution in [0.1, 0.15) is 32.1 Å². The number of likely N-dealkylation sites (N-methyl/N-ethyl adjacent to an activating group) is 1. The predicted molar refractivity (Wildman–Crippen MR) is 75.6 cm³/mol. The Morgan fingerprint density at radius 2 is 2.05 bits per heavy atom. The Labute approximate surface area is 120 Å². The van der Waals surface area contributed by atoms with Crippen molar-refractivity contribution in [1.29, 1.82) is 0 Å². The number of likely N-dealkylation sites (tertiary alicyclic amines) is 1. The van der Waals surface area contributed by atoms with Gasteiger partial charge in [-0.3, -0.25) is 4.79 Å². The Morgan fingerprint density at radius 1 is 1.35 bits per heavy atom. The van der Waals surface area contributed by atoms with Gasteiger partial charge in [0.2, 0.25) is 0 Å². The van der Waals surface area contributed by atoms with Crippen molar-refractivity contribution in [2.45, 2.75) is 38.1 Å². The summed E-state index contributed by atoms with van der Waals surface area (Å²) in [6.07, 6.45) is 4.39. The number of piperidine rings is 1. The smallest absolute Gasteiger partial charge is 0.317 e. The van der Waals surface area contributed by atoms with Gasteiger partial charge in [0.15, 0.2) is 0 Å². The van der Waals surface area contributed by atoms with Crippen LogP contribution >= 0.6 is 0 Å². The molecule has 0 aromatic carbocycles. The molecule has 1 aliphatic heterocycles. The van der Waals surface area contributed by atoms with Crippen molar-refractivity contribution in [2.75, 3.05) is 33.7 Å². The maximum atomic E-state index is 12.2. The third-order valence-electron chi connectivity index (χ3n) is 4.76. The number of carboxylic acids is 1. The van der Waals surface area contributed by atoms with Gasteiger partial charge < -0.3 is 20.2 Å². The molecule has 114 valence electrons. The average Bonchev–Trinajstić information content (AvgIpc) is 2.37. The topological polar surface area (TPSA) is 72.9 Å². The van der Waals surface area contributed by atoms with Crippen LogP contribution in [0.5, 0.6) is 0 Å². The number of aliphatic carboxylic acids is 1. The van der Waals surface area contributed by atoms with Crippen LogP contribution in [0.2, 0.25) is 0 Å². The minimum absolute atomic E-state index is 0.121. The number of amides is 2. The van der Waals surface area contributed by atoms with Crippen molar-refractivity contribution in [1.82, 2.24) is 15.1 Å². The Hall–Kier alpha value is -1.30. The Morgan fingerprint density at radius 3 is 2.55 bits per heavy atom. The van der Waals surface area contributed by atoms with Crippen LogP contribution in [0.15, 0.2) is 0 Å². The van der Waals surface area contributed by atoms with Crippen LogP contribution < -0.4 is 5.32 Å². The summed E-state index contributed by atoms with van der Waals surface area (Å²) in [6, 6.07) is 0.274. The summed E-state index contributed by atoms with van der Waals surface area (Å²) in [6.45, 7) is 1.74. The molecule has 2 N–H and O–H groups in total. The van der Waals surface area contributed by atoms with E-state index in [4.69, 9.17) is 0 Å². The van der Waals surface area contributed by atoms with Crippen LogP contribution in [0.4, 0.5) is 4.79 Å². The number of hydrogen-bond donors (Lipinski definition) is 2. The lowest BCUT2D eigenvalue weighted by Crippen LogP contribution is -2.54. The summed E-state index contributed by atoms with van der Waals surface area (Å²) in [4.78, 5) is 27.4. The maximum Gasteiger partial charge on any atom is 0.317 e. The lowest BCUT2D eigenvalue weighted by molar-refractivity contribution is -0.153. The van der Waals surface area contributed by atoms with Gasteiger partial charge in [-0.05, 0) is 39.8 Å². The second kappa shape index (κ2) is 5.99. The second-order valence-corrected chi connectivity index (χ2v) is 6.30. The number of nitrogens with one attached hydrogen (secondary N) is 1. The summed E-state index contributed by atoms with van der Waals surface area (Å²) in [7, 11) is 4.06. The molecular weight excluding hydrogens is 258 g/mol. The van der Waals surface area contributed by atoms with Gasteiger partial charge in [-0.1, -0.05) is 6.42 Å². The van der Waals surface area contributed by atoms with Gasteiger partial charge >= 0.3 is 12.0 Å². The first-order valence-corrected chi connectivity index (χ1v) is 7.37. The SMILES string of the molecule is CN(C)C1CCCN(C(=O)NCC2(C(=O)O)CCC2)C1. The number of rotatable bonds is 4. The average molecular weight is 283 g/mol. The molecule has 0 radical (unpaired) electrons. The van der Waals surface area contributed by atoms with Crippen molar-refractivity contribution in [3.63, 3.8) is 0 Å². The Balaban J connectivity index is 1.84. The molecule has 0 spiro atoms. The molecule has 1 aliphatic carbocycles. The van der Waals surface area contributed by atoms with E-state index >= 15 is 0 Å². The fourth-order valence-electron chi connectivity index (χ4n) is 2.99. The molecule has 1 heterocycles.